The topological polar surface area (TPSA) is 115 Å². The van der Waals surface area contributed by atoms with Crippen LogP contribution in [-0.4, -0.2) is 34.6 Å². The molecule has 0 amide bonds. The molecular formula is C11H14O7. The first-order valence-electron chi connectivity index (χ1n) is 5.34. The number of aliphatic carboxylic acids is 1. The molecule has 0 aromatic carbocycles. The lowest BCUT2D eigenvalue weighted by Gasteiger charge is -2.05. The number of carbonyl (C=O) groups excluding carboxylic acids is 4. The molecule has 1 unspecified atom stereocenters. The van der Waals surface area contributed by atoms with Crippen LogP contribution in [0.2, 0.25) is 0 Å². The molecule has 1 N–H and O–H groups in total. The Bertz CT molecular complexity index is 383. The number of carboxylic acids is 1. The zero-order valence-corrected chi connectivity index (χ0v) is 10.1. The summed E-state index contributed by atoms with van der Waals surface area (Å²) in [4.78, 5) is 54.3. The number of hydrogen-bond acceptors (Lipinski definition) is 6. The van der Waals surface area contributed by atoms with E-state index < -0.39 is 48.2 Å². The van der Waals surface area contributed by atoms with Crippen molar-refractivity contribution in [3.63, 3.8) is 0 Å². The van der Waals surface area contributed by atoms with Crippen LogP contribution in [0.3, 0.4) is 0 Å². The molecule has 100 valence electrons. The van der Waals surface area contributed by atoms with Crippen molar-refractivity contribution in [3.8, 4) is 0 Å². The summed E-state index contributed by atoms with van der Waals surface area (Å²) >= 11 is 0. The van der Waals surface area contributed by atoms with Crippen molar-refractivity contribution in [1.29, 1.82) is 0 Å². The summed E-state index contributed by atoms with van der Waals surface area (Å²) < 4.78 is 4.19. The second kappa shape index (κ2) is 7.31. The SMILES string of the molecule is CCC(C)C(=O)C(=O)OC(=O)CCC(=O)C(=O)O. The molecular weight excluding hydrogens is 244 g/mol. The van der Waals surface area contributed by atoms with Crippen molar-refractivity contribution in [2.45, 2.75) is 33.1 Å². The van der Waals surface area contributed by atoms with Gasteiger partial charge in [-0.05, 0) is 6.42 Å². The minimum Gasteiger partial charge on any atom is -0.476 e. The summed E-state index contributed by atoms with van der Waals surface area (Å²) in [6.45, 7) is 3.21. The van der Waals surface area contributed by atoms with Crippen LogP contribution in [-0.2, 0) is 28.7 Å². The average molecular weight is 258 g/mol. The van der Waals surface area contributed by atoms with E-state index in [2.05, 4.69) is 4.74 Å². The molecule has 0 aliphatic rings. The molecule has 1 atom stereocenters. The van der Waals surface area contributed by atoms with Crippen molar-refractivity contribution in [2.75, 3.05) is 0 Å². The first kappa shape index (κ1) is 16.0. The van der Waals surface area contributed by atoms with Gasteiger partial charge in [-0.3, -0.25) is 14.4 Å². The Labute approximate surface area is 103 Å². The number of Topliss-reactive ketones (excluding diaryl/α,β-unsaturated/α-hetero) is 2. The summed E-state index contributed by atoms with van der Waals surface area (Å²) in [5, 5.41) is 8.25. The van der Waals surface area contributed by atoms with Gasteiger partial charge in [0.2, 0.25) is 11.6 Å². The zero-order valence-electron chi connectivity index (χ0n) is 10.1. The largest absolute Gasteiger partial charge is 0.476 e. The van der Waals surface area contributed by atoms with Gasteiger partial charge in [0, 0.05) is 12.3 Å². The number of rotatable bonds is 7. The monoisotopic (exact) mass is 258 g/mol. The number of ketones is 2. The summed E-state index contributed by atoms with van der Waals surface area (Å²) in [7, 11) is 0. The highest BCUT2D eigenvalue weighted by atomic mass is 16.6. The van der Waals surface area contributed by atoms with Crippen LogP contribution in [0, 0.1) is 5.92 Å². The molecule has 0 aliphatic heterocycles. The maximum absolute atomic E-state index is 11.3. The molecule has 0 saturated carbocycles. The van der Waals surface area contributed by atoms with Gasteiger partial charge in [0.05, 0.1) is 6.42 Å². The van der Waals surface area contributed by atoms with Gasteiger partial charge in [0.25, 0.3) is 0 Å². The molecule has 0 saturated heterocycles. The zero-order chi connectivity index (χ0) is 14.3. The van der Waals surface area contributed by atoms with E-state index in [0.29, 0.717) is 6.42 Å². The van der Waals surface area contributed by atoms with E-state index in [0.717, 1.165) is 0 Å². The molecule has 0 radical (unpaired) electrons. The highest BCUT2D eigenvalue weighted by molar-refractivity contribution is 6.36. The minimum absolute atomic E-state index is 0.430. The Morgan fingerprint density at radius 1 is 1.11 bits per heavy atom. The first-order chi connectivity index (χ1) is 8.29. The Morgan fingerprint density at radius 3 is 2.11 bits per heavy atom. The van der Waals surface area contributed by atoms with Crippen LogP contribution in [0.1, 0.15) is 33.1 Å². The molecule has 0 fully saturated rings. The Hall–Kier alpha value is -2.05. The lowest BCUT2D eigenvalue weighted by Crippen LogP contribution is -2.26. The lowest BCUT2D eigenvalue weighted by atomic mass is 10.0. The van der Waals surface area contributed by atoms with Crippen LogP contribution in [0.4, 0.5) is 0 Å². The molecule has 7 nitrogen and oxygen atoms in total. The highest BCUT2D eigenvalue weighted by Crippen LogP contribution is 2.04. The number of carboxylic acid groups (broad SMARTS) is 1. The summed E-state index contributed by atoms with van der Waals surface area (Å²) in [6.07, 6.45) is -0.691. The van der Waals surface area contributed by atoms with Gasteiger partial charge >= 0.3 is 17.9 Å². The Balaban J connectivity index is 4.17. The smallest absolute Gasteiger partial charge is 0.382 e. The molecule has 0 rings (SSSR count). The van der Waals surface area contributed by atoms with Gasteiger partial charge in [-0.1, -0.05) is 13.8 Å². The number of esters is 2. The molecule has 18 heavy (non-hydrogen) atoms. The average Bonchev–Trinajstić information content (AvgIpc) is 2.33. The quantitative estimate of drug-likeness (QED) is 0.391. The molecule has 0 bridgehead atoms. The second-order valence-electron chi connectivity index (χ2n) is 3.66. The lowest BCUT2D eigenvalue weighted by molar-refractivity contribution is -0.165. The molecule has 0 aromatic heterocycles. The third-order valence-corrected chi connectivity index (χ3v) is 2.26. The van der Waals surface area contributed by atoms with Gasteiger partial charge in [-0.2, -0.15) is 0 Å². The standard InChI is InChI=1S/C11H14O7/c1-3-6(2)9(14)11(17)18-8(13)5-4-7(12)10(15)16/h6H,3-5H2,1-2H3,(H,15,16). The first-order valence-corrected chi connectivity index (χ1v) is 5.34. The number of ether oxygens (including phenoxy) is 1. The molecule has 0 aromatic rings. The summed E-state index contributed by atoms with van der Waals surface area (Å²) in [5.74, 6) is -6.57. The minimum atomic E-state index is -1.66. The Kier molecular flexibility index (Phi) is 6.48. The van der Waals surface area contributed by atoms with Crippen LogP contribution in [0.25, 0.3) is 0 Å². The third kappa shape index (κ3) is 5.33. The van der Waals surface area contributed by atoms with Crippen LogP contribution in [0.5, 0.6) is 0 Å². The predicted molar refractivity (Wildman–Crippen MR) is 57.4 cm³/mol. The molecule has 7 heteroatoms. The Morgan fingerprint density at radius 2 is 1.67 bits per heavy atom. The van der Waals surface area contributed by atoms with Crippen LogP contribution >= 0.6 is 0 Å². The maximum Gasteiger partial charge on any atom is 0.382 e. The van der Waals surface area contributed by atoms with Gasteiger partial charge in [-0.25, -0.2) is 9.59 Å². The fourth-order valence-corrected chi connectivity index (χ4v) is 0.914. The van der Waals surface area contributed by atoms with E-state index in [9.17, 15) is 24.0 Å². The normalized spacial score (nSPS) is 11.4. The van der Waals surface area contributed by atoms with Crippen molar-refractivity contribution in [2.24, 2.45) is 5.92 Å². The fraction of sp³-hybridized carbons (Fsp3) is 0.545. The van der Waals surface area contributed by atoms with E-state index in [1.54, 1.807) is 6.92 Å². The molecule has 0 heterocycles. The van der Waals surface area contributed by atoms with Gasteiger partial charge < -0.3 is 9.84 Å². The van der Waals surface area contributed by atoms with E-state index in [4.69, 9.17) is 5.11 Å². The van der Waals surface area contributed by atoms with Crippen molar-refractivity contribution < 1.29 is 33.8 Å². The van der Waals surface area contributed by atoms with Gasteiger partial charge in [-0.15, -0.1) is 0 Å². The van der Waals surface area contributed by atoms with E-state index in [1.807, 2.05) is 0 Å². The van der Waals surface area contributed by atoms with Crippen molar-refractivity contribution >= 4 is 29.5 Å². The van der Waals surface area contributed by atoms with Gasteiger partial charge in [0.15, 0.2) is 0 Å². The van der Waals surface area contributed by atoms with Crippen LogP contribution in [0.15, 0.2) is 0 Å². The molecule has 0 spiro atoms. The number of carbonyl (C=O) groups is 5. The van der Waals surface area contributed by atoms with Gasteiger partial charge in [0.1, 0.15) is 0 Å². The van der Waals surface area contributed by atoms with E-state index >= 15 is 0 Å². The third-order valence-electron chi connectivity index (χ3n) is 2.26. The predicted octanol–water partition coefficient (Wildman–Crippen LogP) is 0.105. The maximum atomic E-state index is 11.3. The van der Waals surface area contributed by atoms with Crippen molar-refractivity contribution in [3.05, 3.63) is 0 Å². The number of hydrogen-bond donors (Lipinski definition) is 1. The van der Waals surface area contributed by atoms with E-state index in [1.165, 1.54) is 6.92 Å². The fourth-order valence-electron chi connectivity index (χ4n) is 0.914. The summed E-state index contributed by atoms with van der Waals surface area (Å²) in [6, 6.07) is 0. The summed E-state index contributed by atoms with van der Waals surface area (Å²) in [5.41, 5.74) is 0. The molecule has 0 aliphatic carbocycles. The van der Waals surface area contributed by atoms with Crippen molar-refractivity contribution in [1.82, 2.24) is 0 Å². The second-order valence-corrected chi connectivity index (χ2v) is 3.66. The highest BCUT2D eigenvalue weighted by Gasteiger charge is 2.24. The van der Waals surface area contributed by atoms with E-state index in [-0.39, 0.29) is 0 Å². The van der Waals surface area contributed by atoms with Crippen LogP contribution < -0.4 is 0 Å².